The lowest BCUT2D eigenvalue weighted by atomic mass is 9.89. The number of hydrogen-bond donors (Lipinski definition) is 1. The molecule has 1 fully saturated rings. The van der Waals surface area contributed by atoms with Gasteiger partial charge in [0.2, 0.25) is 0 Å². The van der Waals surface area contributed by atoms with E-state index in [-0.39, 0.29) is 11.6 Å². The van der Waals surface area contributed by atoms with Gasteiger partial charge in [0.1, 0.15) is 0 Å². The number of ether oxygens (including phenoxy) is 1. The average Bonchev–Trinajstić information content (AvgIpc) is 2.29. The summed E-state index contributed by atoms with van der Waals surface area (Å²) in [5, 5.41) is 3.58. The number of morpholine rings is 1. The van der Waals surface area contributed by atoms with Gasteiger partial charge in [0, 0.05) is 12.1 Å². The number of benzene rings is 1. The maximum atomic E-state index is 6.09. The smallest absolute Gasteiger partial charge is 0.0955 e. The van der Waals surface area contributed by atoms with Crippen molar-refractivity contribution in [2.24, 2.45) is 0 Å². The topological polar surface area (TPSA) is 21.3 Å². The quantitative estimate of drug-likeness (QED) is 0.821. The SMILES string of the molecule is Cc1cc(C)c(C)c(C2CNC(C)(C)CO2)c1C. The van der Waals surface area contributed by atoms with Crippen molar-refractivity contribution in [3.63, 3.8) is 0 Å². The molecule has 2 heteroatoms. The van der Waals surface area contributed by atoms with Gasteiger partial charge in [0.05, 0.1) is 12.7 Å². The molecule has 0 amide bonds. The molecule has 1 aromatic rings. The third-order valence-corrected chi connectivity index (χ3v) is 4.16. The largest absolute Gasteiger partial charge is 0.370 e. The third-order valence-electron chi connectivity index (χ3n) is 4.16. The predicted octanol–water partition coefficient (Wildman–Crippen LogP) is 3.36. The van der Waals surface area contributed by atoms with E-state index in [0.717, 1.165) is 13.2 Å². The van der Waals surface area contributed by atoms with Crippen LogP contribution in [0.25, 0.3) is 0 Å². The Kier molecular flexibility index (Phi) is 3.52. The van der Waals surface area contributed by atoms with Crippen LogP contribution in [0.5, 0.6) is 0 Å². The van der Waals surface area contributed by atoms with Crippen LogP contribution in [-0.4, -0.2) is 18.7 Å². The van der Waals surface area contributed by atoms with E-state index in [4.69, 9.17) is 4.74 Å². The number of aryl methyl sites for hydroxylation is 2. The van der Waals surface area contributed by atoms with Crippen LogP contribution in [0, 0.1) is 27.7 Å². The summed E-state index contributed by atoms with van der Waals surface area (Å²) >= 11 is 0. The zero-order valence-corrected chi connectivity index (χ0v) is 12.5. The van der Waals surface area contributed by atoms with Gasteiger partial charge in [-0.2, -0.15) is 0 Å². The summed E-state index contributed by atoms with van der Waals surface area (Å²) in [7, 11) is 0. The Hall–Kier alpha value is -0.860. The Morgan fingerprint density at radius 1 is 1.11 bits per heavy atom. The second kappa shape index (κ2) is 4.67. The summed E-state index contributed by atoms with van der Waals surface area (Å²) in [5.74, 6) is 0. The van der Waals surface area contributed by atoms with Crippen LogP contribution in [-0.2, 0) is 4.74 Å². The molecule has 1 saturated heterocycles. The monoisotopic (exact) mass is 247 g/mol. The summed E-state index contributed by atoms with van der Waals surface area (Å²) in [6.45, 7) is 14.8. The molecule has 0 radical (unpaired) electrons. The first-order chi connectivity index (χ1) is 8.32. The van der Waals surface area contributed by atoms with Crippen molar-refractivity contribution < 1.29 is 4.74 Å². The van der Waals surface area contributed by atoms with Crippen LogP contribution in [0.3, 0.4) is 0 Å². The van der Waals surface area contributed by atoms with E-state index < -0.39 is 0 Å². The standard InChI is InChI=1S/C16H25NO/c1-10-7-11(2)13(4)15(12(10)3)14-8-17-16(5,6)9-18-14/h7,14,17H,8-9H2,1-6H3. The number of hydrogen-bond acceptors (Lipinski definition) is 2. The fourth-order valence-corrected chi connectivity index (χ4v) is 2.70. The molecule has 0 bridgehead atoms. The van der Waals surface area contributed by atoms with Gasteiger partial charge < -0.3 is 10.1 Å². The Morgan fingerprint density at radius 2 is 1.67 bits per heavy atom. The number of nitrogens with one attached hydrogen (secondary N) is 1. The van der Waals surface area contributed by atoms with E-state index >= 15 is 0 Å². The molecule has 1 unspecified atom stereocenters. The maximum Gasteiger partial charge on any atom is 0.0955 e. The van der Waals surface area contributed by atoms with Gasteiger partial charge in [-0.25, -0.2) is 0 Å². The molecule has 2 nitrogen and oxygen atoms in total. The van der Waals surface area contributed by atoms with Crippen molar-refractivity contribution in [1.82, 2.24) is 5.32 Å². The van der Waals surface area contributed by atoms with Gasteiger partial charge in [-0.1, -0.05) is 6.07 Å². The Labute approximate surface area is 111 Å². The highest BCUT2D eigenvalue weighted by molar-refractivity contribution is 5.45. The van der Waals surface area contributed by atoms with Crippen LogP contribution < -0.4 is 5.32 Å². The molecule has 1 aliphatic rings. The van der Waals surface area contributed by atoms with E-state index in [1.54, 1.807) is 0 Å². The van der Waals surface area contributed by atoms with Crippen LogP contribution in [0.2, 0.25) is 0 Å². The second-order valence-corrected chi connectivity index (χ2v) is 6.24. The minimum Gasteiger partial charge on any atom is -0.370 e. The molecule has 1 heterocycles. The van der Waals surface area contributed by atoms with Crippen molar-refractivity contribution in [1.29, 1.82) is 0 Å². The molecule has 100 valence electrons. The summed E-state index contributed by atoms with van der Waals surface area (Å²) in [6, 6.07) is 2.27. The molecular weight excluding hydrogens is 222 g/mol. The van der Waals surface area contributed by atoms with Crippen molar-refractivity contribution in [3.8, 4) is 0 Å². The molecule has 0 aliphatic carbocycles. The normalized spacial score (nSPS) is 23.1. The van der Waals surface area contributed by atoms with Crippen molar-refractivity contribution in [2.75, 3.05) is 13.2 Å². The lowest BCUT2D eigenvalue weighted by Gasteiger charge is -2.37. The fourth-order valence-electron chi connectivity index (χ4n) is 2.70. The zero-order chi connectivity index (χ0) is 13.5. The molecule has 0 spiro atoms. The number of rotatable bonds is 1. The minimum atomic E-state index is 0.0944. The van der Waals surface area contributed by atoms with E-state index in [9.17, 15) is 0 Å². The molecule has 1 N–H and O–H groups in total. The van der Waals surface area contributed by atoms with Gasteiger partial charge in [-0.3, -0.25) is 0 Å². The Morgan fingerprint density at radius 3 is 2.11 bits per heavy atom. The molecule has 18 heavy (non-hydrogen) atoms. The first kappa shape index (κ1) is 13.6. The van der Waals surface area contributed by atoms with Crippen LogP contribution in [0.4, 0.5) is 0 Å². The molecule has 2 rings (SSSR count). The summed E-state index contributed by atoms with van der Waals surface area (Å²) < 4.78 is 6.09. The first-order valence-electron chi connectivity index (χ1n) is 6.76. The van der Waals surface area contributed by atoms with Crippen molar-refractivity contribution in [3.05, 3.63) is 33.9 Å². The highest BCUT2D eigenvalue weighted by Gasteiger charge is 2.29. The summed E-state index contributed by atoms with van der Waals surface area (Å²) in [5.41, 5.74) is 6.96. The van der Waals surface area contributed by atoms with Gasteiger partial charge >= 0.3 is 0 Å². The van der Waals surface area contributed by atoms with Crippen LogP contribution in [0.1, 0.15) is 47.8 Å². The Balaban J connectivity index is 2.35. The minimum absolute atomic E-state index is 0.0944. The summed E-state index contributed by atoms with van der Waals surface area (Å²) in [6.07, 6.45) is 0.191. The highest BCUT2D eigenvalue weighted by atomic mass is 16.5. The van der Waals surface area contributed by atoms with Crippen LogP contribution in [0.15, 0.2) is 6.07 Å². The lowest BCUT2D eigenvalue weighted by Crippen LogP contribution is -2.50. The molecule has 0 aromatic heterocycles. The van der Waals surface area contributed by atoms with E-state index in [1.807, 2.05) is 0 Å². The maximum absolute atomic E-state index is 6.09. The fraction of sp³-hybridized carbons (Fsp3) is 0.625. The van der Waals surface area contributed by atoms with E-state index in [2.05, 4.69) is 52.9 Å². The highest BCUT2D eigenvalue weighted by Crippen LogP contribution is 2.31. The molecule has 1 atom stereocenters. The molecule has 0 saturated carbocycles. The van der Waals surface area contributed by atoms with Crippen molar-refractivity contribution >= 4 is 0 Å². The molecule has 1 aliphatic heterocycles. The average molecular weight is 247 g/mol. The van der Waals surface area contributed by atoms with Gasteiger partial charge in [-0.05, 0) is 69.4 Å². The third kappa shape index (κ3) is 2.45. The van der Waals surface area contributed by atoms with Gasteiger partial charge in [0.25, 0.3) is 0 Å². The first-order valence-corrected chi connectivity index (χ1v) is 6.76. The predicted molar refractivity (Wildman–Crippen MR) is 76.2 cm³/mol. The lowest BCUT2D eigenvalue weighted by molar-refractivity contribution is -0.0235. The van der Waals surface area contributed by atoms with Gasteiger partial charge in [0.15, 0.2) is 0 Å². The molecular formula is C16H25NO. The van der Waals surface area contributed by atoms with E-state index in [1.165, 1.54) is 27.8 Å². The summed E-state index contributed by atoms with van der Waals surface area (Å²) in [4.78, 5) is 0. The van der Waals surface area contributed by atoms with E-state index in [0.29, 0.717) is 0 Å². The molecule has 1 aromatic carbocycles. The van der Waals surface area contributed by atoms with Crippen LogP contribution >= 0.6 is 0 Å². The Bertz CT molecular complexity index is 426. The second-order valence-electron chi connectivity index (χ2n) is 6.24. The van der Waals surface area contributed by atoms with Gasteiger partial charge in [-0.15, -0.1) is 0 Å². The van der Waals surface area contributed by atoms with Crippen molar-refractivity contribution in [2.45, 2.75) is 53.2 Å². The zero-order valence-electron chi connectivity index (χ0n) is 12.5.